The average molecular weight is 291 g/mol. The Kier molecular flexibility index (Phi) is 4.54. The highest BCUT2D eigenvalue weighted by molar-refractivity contribution is 5.81. The fourth-order valence-corrected chi connectivity index (χ4v) is 2.45. The standard InChI is InChI=1S/C16H25N3O2/c1-16(2,18(3)4)11-19-14(20)10-17-15(19)12-8-6-7-9-13(12)21-5/h6-9,15,17H,10-11H2,1-5H3. The van der Waals surface area contributed by atoms with Gasteiger partial charge in [0.15, 0.2) is 0 Å². The monoisotopic (exact) mass is 291 g/mol. The van der Waals surface area contributed by atoms with Crippen LogP contribution in [0, 0.1) is 0 Å². The molecule has 1 fully saturated rings. The second kappa shape index (κ2) is 6.03. The summed E-state index contributed by atoms with van der Waals surface area (Å²) in [7, 11) is 5.72. The van der Waals surface area contributed by atoms with E-state index in [4.69, 9.17) is 4.74 Å². The lowest BCUT2D eigenvalue weighted by atomic mass is 10.0. The van der Waals surface area contributed by atoms with Crippen LogP contribution in [0.25, 0.3) is 0 Å². The molecule has 1 saturated heterocycles. The first-order valence-electron chi connectivity index (χ1n) is 7.20. The molecule has 0 saturated carbocycles. The van der Waals surface area contributed by atoms with Crippen molar-refractivity contribution in [2.24, 2.45) is 0 Å². The molecule has 1 unspecified atom stereocenters. The van der Waals surface area contributed by atoms with Gasteiger partial charge in [0.05, 0.1) is 13.7 Å². The van der Waals surface area contributed by atoms with Gasteiger partial charge < -0.3 is 14.5 Å². The molecule has 2 rings (SSSR count). The number of benzene rings is 1. The van der Waals surface area contributed by atoms with Crippen LogP contribution in [0.15, 0.2) is 24.3 Å². The van der Waals surface area contributed by atoms with E-state index in [1.165, 1.54) is 0 Å². The Hall–Kier alpha value is -1.59. The number of hydrogen-bond acceptors (Lipinski definition) is 4. The maximum Gasteiger partial charge on any atom is 0.238 e. The Balaban J connectivity index is 2.29. The normalized spacial score (nSPS) is 19.4. The lowest BCUT2D eigenvalue weighted by Gasteiger charge is -2.38. The minimum absolute atomic E-state index is 0.0953. The number of likely N-dealkylation sites (N-methyl/N-ethyl adjacent to an activating group) is 1. The van der Waals surface area contributed by atoms with Crippen LogP contribution in [-0.2, 0) is 4.79 Å². The number of ether oxygens (including phenoxy) is 1. The quantitative estimate of drug-likeness (QED) is 0.892. The number of hydrogen-bond donors (Lipinski definition) is 1. The molecule has 0 aliphatic carbocycles. The van der Waals surface area contributed by atoms with Crippen LogP contribution in [0.1, 0.15) is 25.6 Å². The van der Waals surface area contributed by atoms with E-state index < -0.39 is 0 Å². The van der Waals surface area contributed by atoms with E-state index in [0.29, 0.717) is 13.1 Å². The molecule has 0 spiro atoms. The molecule has 0 radical (unpaired) electrons. The third kappa shape index (κ3) is 3.19. The van der Waals surface area contributed by atoms with E-state index in [9.17, 15) is 4.79 Å². The van der Waals surface area contributed by atoms with Gasteiger partial charge in [-0.15, -0.1) is 0 Å². The molecule has 5 heteroatoms. The number of rotatable bonds is 5. The van der Waals surface area contributed by atoms with Gasteiger partial charge in [0.25, 0.3) is 0 Å². The van der Waals surface area contributed by atoms with Gasteiger partial charge in [0.2, 0.25) is 5.91 Å². The van der Waals surface area contributed by atoms with E-state index in [0.717, 1.165) is 11.3 Å². The van der Waals surface area contributed by atoms with Crippen molar-refractivity contribution in [2.45, 2.75) is 25.6 Å². The maximum absolute atomic E-state index is 12.3. The average Bonchev–Trinajstić information content (AvgIpc) is 2.79. The van der Waals surface area contributed by atoms with E-state index in [2.05, 4.69) is 24.1 Å². The zero-order valence-corrected chi connectivity index (χ0v) is 13.5. The van der Waals surface area contributed by atoms with Crippen LogP contribution in [0.5, 0.6) is 5.75 Å². The molecule has 1 aromatic rings. The van der Waals surface area contributed by atoms with Crippen molar-refractivity contribution in [1.29, 1.82) is 0 Å². The molecule has 21 heavy (non-hydrogen) atoms. The van der Waals surface area contributed by atoms with Crippen LogP contribution in [0.2, 0.25) is 0 Å². The predicted molar refractivity (Wildman–Crippen MR) is 83.2 cm³/mol. The summed E-state index contributed by atoms with van der Waals surface area (Å²) in [5.41, 5.74) is 0.905. The van der Waals surface area contributed by atoms with Crippen molar-refractivity contribution in [1.82, 2.24) is 15.1 Å². The third-order valence-electron chi connectivity index (χ3n) is 4.28. The van der Waals surface area contributed by atoms with Crippen LogP contribution in [0.3, 0.4) is 0 Å². The summed E-state index contributed by atoms with van der Waals surface area (Å²) in [4.78, 5) is 16.3. The van der Waals surface area contributed by atoms with Crippen molar-refractivity contribution in [3.63, 3.8) is 0 Å². The van der Waals surface area contributed by atoms with E-state index in [1.54, 1.807) is 7.11 Å². The number of amides is 1. The highest BCUT2D eigenvalue weighted by Gasteiger charge is 2.37. The van der Waals surface area contributed by atoms with Crippen LogP contribution >= 0.6 is 0 Å². The first kappa shape index (κ1) is 15.8. The highest BCUT2D eigenvalue weighted by Crippen LogP contribution is 2.31. The molecule has 1 aliphatic rings. The lowest BCUT2D eigenvalue weighted by molar-refractivity contribution is -0.129. The maximum atomic E-state index is 12.3. The minimum Gasteiger partial charge on any atom is -0.496 e. The van der Waals surface area contributed by atoms with Crippen molar-refractivity contribution >= 4 is 5.91 Å². The van der Waals surface area contributed by atoms with Gasteiger partial charge in [0.1, 0.15) is 11.9 Å². The molecule has 1 amide bonds. The number of carbonyl (C=O) groups is 1. The summed E-state index contributed by atoms with van der Waals surface area (Å²) < 4.78 is 5.43. The van der Waals surface area contributed by atoms with Crippen molar-refractivity contribution < 1.29 is 9.53 Å². The Morgan fingerprint density at radius 2 is 2.05 bits per heavy atom. The first-order chi connectivity index (χ1) is 9.86. The molecular weight excluding hydrogens is 266 g/mol. The van der Waals surface area contributed by atoms with Gasteiger partial charge in [-0.3, -0.25) is 10.1 Å². The molecular formula is C16H25N3O2. The topological polar surface area (TPSA) is 44.8 Å². The van der Waals surface area contributed by atoms with Crippen molar-refractivity contribution in [3.8, 4) is 5.75 Å². The van der Waals surface area contributed by atoms with Gasteiger partial charge in [-0.2, -0.15) is 0 Å². The molecule has 0 aromatic heterocycles. The number of methoxy groups -OCH3 is 1. The number of carbonyl (C=O) groups excluding carboxylic acids is 1. The number of nitrogens with one attached hydrogen (secondary N) is 1. The summed E-state index contributed by atoms with van der Waals surface area (Å²) in [5.74, 6) is 0.929. The van der Waals surface area contributed by atoms with Gasteiger partial charge in [-0.25, -0.2) is 0 Å². The summed E-state index contributed by atoms with van der Waals surface area (Å²) >= 11 is 0. The summed E-state index contributed by atoms with van der Waals surface area (Å²) in [5, 5.41) is 3.29. The fraction of sp³-hybridized carbons (Fsp3) is 0.562. The smallest absolute Gasteiger partial charge is 0.238 e. The summed E-state index contributed by atoms with van der Waals surface area (Å²) in [6.07, 6.45) is -0.132. The second-order valence-corrected chi connectivity index (χ2v) is 6.25. The predicted octanol–water partition coefficient (Wildman–Crippen LogP) is 1.47. The second-order valence-electron chi connectivity index (χ2n) is 6.25. The van der Waals surface area contributed by atoms with Crippen molar-refractivity contribution in [2.75, 3.05) is 34.3 Å². The third-order valence-corrected chi connectivity index (χ3v) is 4.28. The molecule has 1 N–H and O–H groups in total. The van der Waals surface area contributed by atoms with Crippen molar-refractivity contribution in [3.05, 3.63) is 29.8 Å². The largest absolute Gasteiger partial charge is 0.496 e. The Bertz CT molecular complexity index is 514. The molecule has 1 aliphatic heterocycles. The van der Waals surface area contributed by atoms with Gasteiger partial charge >= 0.3 is 0 Å². The highest BCUT2D eigenvalue weighted by atomic mass is 16.5. The molecule has 5 nitrogen and oxygen atoms in total. The van der Waals surface area contributed by atoms with Gasteiger partial charge in [-0.05, 0) is 34.0 Å². The summed E-state index contributed by atoms with van der Waals surface area (Å²) in [6, 6.07) is 7.84. The van der Waals surface area contributed by atoms with Gasteiger partial charge in [-0.1, -0.05) is 18.2 Å². The van der Waals surface area contributed by atoms with Crippen LogP contribution in [0.4, 0.5) is 0 Å². The molecule has 1 heterocycles. The van der Waals surface area contributed by atoms with Crippen LogP contribution in [-0.4, -0.2) is 55.5 Å². The van der Waals surface area contributed by atoms with Crippen LogP contribution < -0.4 is 10.1 Å². The molecule has 0 bridgehead atoms. The zero-order chi connectivity index (χ0) is 15.6. The first-order valence-corrected chi connectivity index (χ1v) is 7.20. The van der Waals surface area contributed by atoms with Gasteiger partial charge in [0, 0.05) is 17.6 Å². The zero-order valence-electron chi connectivity index (χ0n) is 13.5. The minimum atomic E-state index is -0.132. The lowest BCUT2D eigenvalue weighted by Crippen LogP contribution is -2.49. The Labute approximate surface area is 126 Å². The van der Waals surface area contributed by atoms with E-state index in [-0.39, 0.29) is 17.6 Å². The molecule has 116 valence electrons. The van der Waals surface area contributed by atoms with E-state index >= 15 is 0 Å². The molecule has 1 aromatic carbocycles. The Morgan fingerprint density at radius 3 is 2.67 bits per heavy atom. The number of nitrogens with zero attached hydrogens (tertiary/aromatic N) is 2. The molecule has 1 atom stereocenters. The SMILES string of the molecule is COc1ccccc1C1NCC(=O)N1CC(C)(C)N(C)C. The fourth-order valence-electron chi connectivity index (χ4n) is 2.45. The summed E-state index contributed by atoms with van der Waals surface area (Å²) in [6.45, 7) is 5.30. The Morgan fingerprint density at radius 1 is 1.38 bits per heavy atom. The number of para-hydroxylation sites is 1. The van der Waals surface area contributed by atoms with E-state index in [1.807, 2.05) is 43.3 Å².